The number of hydrogen-bond acceptors (Lipinski definition) is 4. The third kappa shape index (κ3) is 3.75. The van der Waals surface area contributed by atoms with E-state index in [0.29, 0.717) is 27.7 Å². The van der Waals surface area contributed by atoms with Gasteiger partial charge in [-0.3, -0.25) is 4.79 Å². The summed E-state index contributed by atoms with van der Waals surface area (Å²) in [5, 5.41) is 0.568. The largest absolute Gasteiger partial charge is 0.335 e. The number of amides is 1. The third-order valence-corrected chi connectivity index (χ3v) is 6.00. The number of benzene rings is 1. The molecule has 0 bridgehead atoms. The maximum Gasteiger partial charge on any atom is 0.266 e. The standard InChI is InChI=1S/C19H24FN3OS/c1-4-23(14-9-11-22(3)12-10-14)19(24)17-13(2)21-18(25-17)15-7-5-6-8-16(15)20/h5-8,14H,4,9-12H2,1-3H3. The lowest BCUT2D eigenvalue weighted by Gasteiger charge is -2.36. The van der Waals surface area contributed by atoms with Gasteiger partial charge in [0.1, 0.15) is 15.7 Å². The summed E-state index contributed by atoms with van der Waals surface area (Å²) in [6.45, 7) is 6.55. The van der Waals surface area contributed by atoms with Gasteiger partial charge in [-0.1, -0.05) is 12.1 Å². The number of likely N-dealkylation sites (tertiary alicyclic amines) is 1. The minimum Gasteiger partial charge on any atom is -0.335 e. The molecule has 0 unspecified atom stereocenters. The highest BCUT2D eigenvalue weighted by Gasteiger charge is 2.29. The Morgan fingerprint density at radius 2 is 2.04 bits per heavy atom. The van der Waals surface area contributed by atoms with Crippen LogP contribution in [-0.4, -0.2) is 53.4 Å². The molecule has 0 spiro atoms. The van der Waals surface area contributed by atoms with E-state index in [9.17, 15) is 9.18 Å². The van der Waals surface area contributed by atoms with Crippen molar-refractivity contribution < 1.29 is 9.18 Å². The second kappa shape index (κ2) is 7.62. The van der Waals surface area contributed by atoms with Crippen LogP contribution in [0.5, 0.6) is 0 Å². The highest BCUT2D eigenvalue weighted by molar-refractivity contribution is 7.17. The van der Waals surface area contributed by atoms with E-state index in [1.807, 2.05) is 18.7 Å². The molecule has 6 heteroatoms. The van der Waals surface area contributed by atoms with Gasteiger partial charge in [-0.25, -0.2) is 9.37 Å². The van der Waals surface area contributed by atoms with Crippen molar-refractivity contribution in [2.45, 2.75) is 32.7 Å². The lowest BCUT2D eigenvalue weighted by molar-refractivity contribution is 0.0610. The van der Waals surface area contributed by atoms with Crippen molar-refractivity contribution in [2.75, 3.05) is 26.7 Å². The molecule has 0 N–H and O–H groups in total. The van der Waals surface area contributed by atoms with Gasteiger partial charge in [-0.15, -0.1) is 11.3 Å². The van der Waals surface area contributed by atoms with E-state index < -0.39 is 0 Å². The van der Waals surface area contributed by atoms with Crippen LogP contribution in [0.2, 0.25) is 0 Å². The fourth-order valence-corrected chi connectivity index (χ4v) is 4.40. The van der Waals surface area contributed by atoms with Crippen molar-refractivity contribution in [2.24, 2.45) is 0 Å². The van der Waals surface area contributed by atoms with Crippen LogP contribution in [-0.2, 0) is 0 Å². The van der Waals surface area contributed by atoms with Gasteiger partial charge in [0.05, 0.1) is 5.69 Å². The minimum absolute atomic E-state index is 0.0228. The first-order valence-electron chi connectivity index (χ1n) is 8.73. The van der Waals surface area contributed by atoms with Gasteiger partial charge in [0.15, 0.2) is 0 Å². The molecule has 2 heterocycles. The number of hydrogen-bond donors (Lipinski definition) is 0. The molecule has 1 aliphatic heterocycles. The minimum atomic E-state index is -0.307. The van der Waals surface area contributed by atoms with Crippen LogP contribution in [0, 0.1) is 12.7 Å². The number of halogens is 1. The van der Waals surface area contributed by atoms with E-state index in [4.69, 9.17) is 0 Å². The quantitative estimate of drug-likeness (QED) is 0.831. The zero-order valence-corrected chi connectivity index (χ0v) is 15.8. The number of carbonyl (C=O) groups excluding carboxylic acids is 1. The van der Waals surface area contributed by atoms with Crippen molar-refractivity contribution in [3.63, 3.8) is 0 Å². The topological polar surface area (TPSA) is 36.4 Å². The predicted octanol–water partition coefficient (Wildman–Crippen LogP) is 3.81. The summed E-state index contributed by atoms with van der Waals surface area (Å²) in [7, 11) is 2.11. The van der Waals surface area contributed by atoms with Gasteiger partial charge in [-0.05, 0) is 59.0 Å². The molecule has 3 rings (SSSR count). The number of aryl methyl sites for hydroxylation is 1. The van der Waals surface area contributed by atoms with Crippen molar-refractivity contribution >= 4 is 17.2 Å². The third-order valence-electron chi connectivity index (χ3n) is 4.83. The molecule has 1 amide bonds. The Balaban J connectivity index is 1.85. The second-order valence-electron chi connectivity index (χ2n) is 6.54. The molecule has 2 aromatic rings. The number of thiazole rings is 1. The SMILES string of the molecule is CCN(C(=O)c1sc(-c2ccccc2F)nc1C)C1CCN(C)CC1. The predicted molar refractivity (Wildman–Crippen MR) is 99.5 cm³/mol. The van der Waals surface area contributed by atoms with Crippen LogP contribution in [0.25, 0.3) is 10.6 Å². The van der Waals surface area contributed by atoms with Gasteiger partial charge in [0, 0.05) is 18.2 Å². The second-order valence-corrected chi connectivity index (χ2v) is 7.54. The van der Waals surface area contributed by atoms with Gasteiger partial charge in [0.25, 0.3) is 5.91 Å². The summed E-state index contributed by atoms with van der Waals surface area (Å²) in [5.74, 6) is -0.285. The summed E-state index contributed by atoms with van der Waals surface area (Å²) in [5.41, 5.74) is 1.14. The van der Waals surface area contributed by atoms with E-state index in [1.165, 1.54) is 17.4 Å². The zero-order valence-electron chi connectivity index (χ0n) is 15.0. The maximum absolute atomic E-state index is 14.0. The van der Waals surface area contributed by atoms with Crippen molar-refractivity contribution in [1.82, 2.24) is 14.8 Å². The summed E-state index contributed by atoms with van der Waals surface area (Å²) in [6, 6.07) is 6.84. The molecular formula is C19H24FN3OS. The number of rotatable bonds is 4. The van der Waals surface area contributed by atoms with Crippen molar-refractivity contribution in [3.05, 3.63) is 40.7 Å². The molecule has 1 aliphatic rings. The van der Waals surface area contributed by atoms with Gasteiger partial charge >= 0.3 is 0 Å². The molecule has 1 aromatic heterocycles. The Labute approximate surface area is 152 Å². The molecule has 0 radical (unpaired) electrons. The molecule has 4 nitrogen and oxygen atoms in total. The average molecular weight is 361 g/mol. The Hall–Kier alpha value is -1.79. The van der Waals surface area contributed by atoms with E-state index in [1.54, 1.807) is 18.2 Å². The normalized spacial score (nSPS) is 16.2. The molecule has 0 atom stereocenters. The summed E-state index contributed by atoms with van der Waals surface area (Å²) < 4.78 is 14.0. The molecule has 25 heavy (non-hydrogen) atoms. The fourth-order valence-electron chi connectivity index (χ4n) is 3.35. The number of aromatic nitrogens is 1. The van der Waals surface area contributed by atoms with Crippen molar-refractivity contribution in [1.29, 1.82) is 0 Å². The van der Waals surface area contributed by atoms with Crippen LogP contribution in [0.1, 0.15) is 35.1 Å². The molecule has 1 saturated heterocycles. The maximum atomic E-state index is 14.0. The molecule has 1 fully saturated rings. The van der Waals surface area contributed by atoms with Gasteiger partial charge in [-0.2, -0.15) is 0 Å². The Kier molecular flexibility index (Phi) is 5.49. The molecular weight excluding hydrogens is 337 g/mol. The highest BCUT2D eigenvalue weighted by Crippen LogP contribution is 2.31. The van der Waals surface area contributed by atoms with Crippen molar-refractivity contribution in [3.8, 4) is 10.6 Å². The Bertz CT molecular complexity index is 753. The monoisotopic (exact) mass is 361 g/mol. The van der Waals surface area contributed by atoms with E-state index in [0.717, 1.165) is 25.9 Å². The first kappa shape index (κ1) is 18.0. The summed E-state index contributed by atoms with van der Waals surface area (Å²) in [4.78, 5) is 22.4. The molecule has 0 aliphatic carbocycles. The zero-order chi connectivity index (χ0) is 18.0. The van der Waals surface area contributed by atoms with E-state index in [2.05, 4.69) is 16.9 Å². The van der Waals surface area contributed by atoms with Crippen LogP contribution < -0.4 is 0 Å². The Morgan fingerprint density at radius 3 is 2.68 bits per heavy atom. The first-order chi connectivity index (χ1) is 12.0. The average Bonchev–Trinajstić information content (AvgIpc) is 2.99. The number of nitrogens with zero attached hydrogens (tertiary/aromatic N) is 3. The summed E-state index contributed by atoms with van der Waals surface area (Å²) >= 11 is 1.29. The van der Waals surface area contributed by atoms with Gasteiger partial charge in [0.2, 0.25) is 0 Å². The summed E-state index contributed by atoms with van der Waals surface area (Å²) in [6.07, 6.45) is 1.99. The van der Waals surface area contributed by atoms with E-state index >= 15 is 0 Å². The first-order valence-corrected chi connectivity index (χ1v) is 9.54. The lowest BCUT2D eigenvalue weighted by Crippen LogP contribution is -2.46. The smallest absolute Gasteiger partial charge is 0.266 e. The molecule has 134 valence electrons. The molecule has 0 saturated carbocycles. The lowest BCUT2D eigenvalue weighted by atomic mass is 10.0. The molecule has 1 aromatic carbocycles. The number of carbonyl (C=O) groups is 1. The highest BCUT2D eigenvalue weighted by atomic mass is 32.1. The van der Waals surface area contributed by atoms with Crippen LogP contribution >= 0.6 is 11.3 Å². The number of piperidine rings is 1. The van der Waals surface area contributed by atoms with Gasteiger partial charge < -0.3 is 9.80 Å². The van der Waals surface area contributed by atoms with Crippen LogP contribution in [0.15, 0.2) is 24.3 Å². The van der Waals surface area contributed by atoms with Crippen LogP contribution in [0.4, 0.5) is 4.39 Å². The fraction of sp³-hybridized carbons (Fsp3) is 0.474. The van der Waals surface area contributed by atoms with E-state index in [-0.39, 0.29) is 17.8 Å². The Morgan fingerprint density at radius 1 is 1.36 bits per heavy atom. The van der Waals surface area contributed by atoms with Crippen LogP contribution in [0.3, 0.4) is 0 Å².